The average molecular weight is 721 g/mol. The lowest BCUT2D eigenvalue weighted by molar-refractivity contribution is -0.958. The number of hydrogen-bond donors (Lipinski definition) is 0. The molecule has 0 saturated heterocycles. The molecule has 0 saturated carbocycles. The van der Waals surface area contributed by atoms with Gasteiger partial charge in [-0.1, -0.05) is 59.8 Å². The molecule has 0 bridgehead atoms. The number of rotatable bonds is 21. The van der Waals surface area contributed by atoms with Crippen LogP contribution in [0.5, 0.6) is 17.2 Å². The highest BCUT2D eigenvalue weighted by Crippen LogP contribution is 2.43. The first-order valence-corrected chi connectivity index (χ1v) is 17.1. The van der Waals surface area contributed by atoms with Gasteiger partial charge in [-0.15, -0.1) is 0 Å². The molecule has 0 aromatic heterocycles. The maximum atomic E-state index is 16.3. The SMILES string of the molecule is CCCCCC(c1c(OB(Oc2cc(F)c(F)c(F)c2)Oc2cc(F)c(F)c(F)c2)cc(F)c(F)c1F)[N+](CCCC)(CCCC)CCCC. The maximum absolute atomic E-state index is 16.3. The summed E-state index contributed by atoms with van der Waals surface area (Å²) in [6, 6.07) is 1.43. The Morgan fingerprint density at radius 3 is 1.30 bits per heavy atom. The third-order valence-corrected chi connectivity index (χ3v) is 8.71. The van der Waals surface area contributed by atoms with Crippen LogP contribution in [0.25, 0.3) is 0 Å². The summed E-state index contributed by atoms with van der Waals surface area (Å²) >= 11 is 0. The summed E-state index contributed by atoms with van der Waals surface area (Å²) in [7, 11) is -2.33. The first kappa shape index (κ1) is 40.9. The maximum Gasteiger partial charge on any atom is 0.864 e. The second-order valence-electron chi connectivity index (χ2n) is 12.4. The van der Waals surface area contributed by atoms with Crippen molar-refractivity contribution in [1.29, 1.82) is 0 Å². The van der Waals surface area contributed by atoms with Crippen LogP contribution in [-0.4, -0.2) is 31.4 Å². The summed E-state index contributed by atoms with van der Waals surface area (Å²) in [5.41, 5.74) is -0.339. The Morgan fingerprint density at radius 1 is 0.500 bits per heavy atom. The van der Waals surface area contributed by atoms with Crippen LogP contribution >= 0.6 is 0 Å². The van der Waals surface area contributed by atoms with Gasteiger partial charge in [0.2, 0.25) is 0 Å². The number of unbranched alkanes of at least 4 members (excludes halogenated alkanes) is 5. The Bertz CT molecular complexity index is 1430. The second kappa shape index (κ2) is 19.2. The van der Waals surface area contributed by atoms with Crippen molar-refractivity contribution in [2.45, 2.75) is 97.9 Å². The van der Waals surface area contributed by atoms with E-state index >= 15 is 13.2 Å². The number of halogens is 9. The fraction of sp³-hybridized carbons (Fsp3) is 0.500. The van der Waals surface area contributed by atoms with E-state index in [1.165, 1.54) is 0 Å². The number of hydrogen-bond acceptors (Lipinski definition) is 3. The molecule has 0 fully saturated rings. The Labute approximate surface area is 288 Å². The third-order valence-electron chi connectivity index (χ3n) is 8.71. The fourth-order valence-corrected chi connectivity index (χ4v) is 6.10. The minimum absolute atomic E-state index is 0.326. The minimum Gasteiger partial charge on any atom is -0.489 e. The van der Waals surface area contributed by atoms with Crippen molar-refractivity contribution < 1.29 is 58.0 Å². The summed E-state index contributed by atoms with van der Waals surface area (Å²) in [6.45, 7) is 9.77. The van der Waals surface area contributed by atoms with Gasteiger partial charge in [-0.3, -0.25) is 0 Å². The van der Waals surface area contributed by atoms with Gasteiger partial charge >= 0.3 is 7.32 Å². The van der Waals surface area contributed by atoms with Crippen molar-refractivity contribution in [3.05, 3.63) is 88.3 Å². The molecule has 3 aromatic rings. The zero-order valence-electron chi connectivity index (χ0n) is 28.8. The Kier molecular flexibility index (Phi) is 15.7. The summed E-state index contributed by atoms with van der Waals surface area (Å²) < 4.78 is 148. The smallest absolute Gasteiger partial charge is 0.489 e. The van der Waals surface area contributed by atoms with Gasteiger partial charge in [-0.25, -0.2) is 39.5 Å². The van der Waals surface area contributed by atoms with Crippen molar-refractivity contribution in [2.24, 2.45) is 0 Å². The van der Waals surface area contributed by atoms with E-state index in [4.69, 9.17) is 14.0 Å². The highest BCUT2D eigenvalue weighted by atomic mass is 19.2. The number of quaternary nitrogens is 1. The van der Waals surface area contributed by atoms with Crippen molar-refractivity contribution in [3.8, 4) is 17.2 Å². The molecule has 1 atom stereocenters. The predicted molar refractivity (Wildman–Crippen MR) is 173 cm³/mol. The average Bonchev–Trinajstić information content (AvgIpc) is 3.07. The molecule has 0 aliphatic rings. The van der Waals surface area contributed by atoms with E-state index in [1.54, 1.807) is 0 Å². The molecule has 276 valence electrons. The van der Waals surface area contributed by atoms with Crippen LogP contribution in [0.4, 0.5) is 39.5 Å². The van der Waals surface area contributed by atoms with E-state index in [1.807, 2.05) is 27.7 Å². The Hall–Kier alpha value is -3.55. The minimum atomic E-state index is -2.33. The normalized spacial score (nSPS) is 12.3. The molecule has 1 unspecified atom stereocenters. The lowest BCUT2D eigenvalue weighted by Crippen LogP contribution is -2.53. The van der Waals surface area contributed by atoms with E-state index in [9.17, 15) is 26.3 Å². The molecule has 0 heterocycles. The molecule has 50 heavy (non-hydrogen) atoms. The van der Waals surface area contributed by atoms with Crippen molar-refractivity contribution in [3.63, 3.8) is 0 Å². The highest BCUT2D eigenvalue weighted by molar-refractivity contribution is 6.39. The van der Waals surface area contributed by atoms with Gasteiger partial charge in [-0.05, 0) is 25.7 Å². The molecule has 3 aromatic carbocycles. The van der Waals surface area contributed by atoms with Crippen LogP contribution < -0.4 is 14.0 Å². The summed E-state index contributed by atoms with van der Waals surface area (Å²) in [6.07, 6.45) is 7.18. The molecule has 0 aliphatic carbocycles. The standard InChI is InChI=1S/C36H44BF9NO3/c1-5-9-13-14-30(47(15-10-6-2,16-11-7-3)17-12-8-4)32-31(22-29(42)35(45)36(32)46)50-37(48-23-18-25(38)33(43)26(39)19-23)49-24-20-27(40)34(44)28(41)21-24/h18-22,30H,5-17H2,1-4H3/q+1. The van der Waals surface area contributed by atoms with Crippen LogP contribution in [-0.2, 0) is 0 Å². The molecule has 3 rings (SSSR count). The van der Waals surface area contributed by atoms with Crippen LogP contribution in [0, 0.1) is 52.4 Å². The van der Waals surface area contributed by atoms with Gasteiger partial charge in [-0.2, -0.15) is 0 Å². The first-order valence-electron chi connectivity index (χ1n) is 17.1. The molecule has 0 aliphatic heterocycles. The molecule has 0 amide bonds. The van der Waals surface area contributed by atoms with E-state index < -0.39 is 83.0 Å². The van der Waals surface area contributed by atoms with Crippen molar-refractivity contribution in [1.82, 2.24) is 0 Å². The largest absolute Gasteiger partial charge is 0.864 e. The van der Waals surface area contributed by atoms with Crippen LogP contribution in [0.1, 0.15) is 104 Å². The molecule has 0 N–H and O–H groups in total. The lowest BCUT2D eigenvalue weighted by Gasteiger charge is -2.46. The summed E-state index contributed by atoms with van der Waals surface area (Å²) in [5.74, 6) is -17.4. The quantitative estimate of drug-likeness (QED) is 0.0361. The zero-order chi connectivity index (χ0) is 37.0. The molecule has 4 nitrogen and oxygen atoms in total. The fourth-order valence-electron chi connectivity index (χ4n) is 6.10. The molecular weight excluding hydrogens is 676 g/mol. The number of nitrogens with zero attached hydrogens (tertiary/aromatic N) is 1. The van der Waals surface area contributed by atoms with Gasteiger partial charge < -0.3 is 18.4 Å². The second-order valence-corrected chi connectivity index (χ2v) is 12.4. The van der Waals surface area contributed by atoms with E-state index in [0.717, 1.165) is 51.4 Å². The highest BCUT2D eigenvalue weighted by Gasteiger charge is 2.43. The van der Waals surface area contributed by atoms with Gasteiger partial charge in [0.1, 0.15) is 23.3 Å². The summed E-state index contributed by atoms with van der Waals surface area (Å²) in [4.78, 5) is 0. The van der Waals surface area contributed by atoms with Gasteiger partial charge in [0.15, 0.2) is 52.4 Å². The Balaban J connectivity index is 2.28. The van der Waals surface area contributed by atoms with Crippen LogP contribution in [0.3, 0.4) is 0 Å². The van der Waals surface area contributed by atoms with Gasteiger partial charge in [0, 0.05) is 36.8 Å². The topological polar surface area (TPSA) is 27.7 Å². The summed E-state index contributed by atoms with van der Waals surface area (Å²) in [5, 5.41) is 0. The van der Waals surface area contributed by atoms with Gasteiger partial charge in [0.05, 0.1) is 25.2 Å². The molecular formula is C36H44BF9NO3+. The molecule has 0 spiro atoms. The van der Waals surface area contributed by atoms with E-state index in [2.05, 4.69) is 0 Å². The van der Waals surface area contributed by atoms with E-state index in [-0.39, 0.29) is 5.56 Å². The first-order chi connectivity index (χ1) is 23.8. The van der Waals surface area contributed by atoms with E-state index in [0.29, 0.717) is 67.3 Å². The molecule has 14 heteroatoms. The Morgan fingerprint density at radius 2 is 0.900 bits per heavy atom. The van der Waals surface area contributed by atoms with Crippen molar-refractivity contribution >= 4 is 7.32 Å². The van der Waals surface area contributed by atoms with Gasteiger partial charge in [0.25, 0.3) is 0 Å². The van der Waals surface area contributed by atoms with Crippen LogP contribution in [0.2, 0.25) is 0 Å². The number of benzene rings is 3. The third kappa shape index (κ3) is 10.3. The monoisotopic (exact) mass is 720 g/mol. The zero-order valence-corrected chi connectivity index (χ0v) is 28.8. The van der Waals surface area contributed by atoms with Crippen LogP contribution in [0.15, 0.2) is 30.3 Å². The van der Waals surface area contributed by atoms with Crippen molar-refractivity contribution in [2.75, 3.05) is 19.6 Å². The molecule has 0 radical (unpaired) electrons. The lowest BCUT2D eigenvalue weighted by atomic mass is 9.92. The predicted octanol–water partition coefficient (Wildman–Crippen LogP) is 11.3.